The largest absolute Gasteiger partial charge is 0.319 e. The normalized spacial score (nSPS) is 20.1. The lowest BCUT2D eigenvalue weighted by atomic mass is 9.94. The standard InChI is InChI=1S/C22H23NOS/c24-21-19-13-7-8-14-20(19)22(25-16-18-11-5-2-6-12-18)23(21)15-17-9-3-1-4-10-17/h1-6,9-12,22H,7-8,13-16H2/t22-/m1/s1. The quantitative estimate of drug-likeness (QED) is 0.743. The van der Waals surface area contributed by atoms with Crippen molar-refractivity contribution < 1.29 is 4.79 Å². The zero-order valence-corrected chi connectivity index (χ0v) is 15.2. The van der Waals surface area contributed by atoms with Crippen LogP contribution >= 0.6 is 11.8 Å². The Morgan fingerprint density at radius 1 is 0.880 bits per heavy atom. The fraction of sp³-hybridized carbons (Fsp3) is 0.318. The molecule has 0 bridgehead atoms. The van der Waals surface area contributed by atoms with Crippen LogP contribution in [0.1, 0.15) is 36.8 Å². The molecule has 0 spiro atoms. The molecule has 1 aliphatic heterocycles. The van der Waals surface area contributed by atoms with Crippen molar-refractivity contribution in [3.05, 3.63) is 82.9 Å². The molecule has 0 aromatic heterocycles. The van der Waals surface area contributed by atoms with E-state index < -0.39 is 0 Å². The summed E-state index contributed by atoms with van der Waals surface area (Å²) in [5.74, 6) is 1.21. The van der Waals surface area contributed by atoms with Gasteiger partial charge < -0.3 is 4.90 Å². The van der Waals surface area contributed by atoms with Gasteiger partial charge in [0, 0.05) is 17.9 Å². The number of amides is 1. The van der Waals surface area contributed by atoms with E-state index in [1.165, 1.54) is 23.1 Å². The van der Waals surface area contributed by atoms with Crippen LogP contribution in [0.5, 0.6) is 0 Å². The van der Waals surface area contributed by atoms with Crippen LogP contribution in [-0.4, -0.2) is 16.2 Å². The van der Waals surface area contributed by atoms with Crippen LogP contribution in [0.25, 0.3) is 0 Å². The van der Waals surface area contributed by atoms with Gasteiger partial charge in [-0.25, -0.2) is 0 Å². The third-order valence-electron chi connectivity index (χ3n) is 5.06. The summed E-state index contributed by atoms with van der Waals surface area (Å²) in [7, 11) is 0. The lowest BCUT2D eigenvalue weighted by Crippen LogP contribution is -2.33. The van der Waals surface area contributed by atoms with Crippen molar-refractivity contribution in [3.8, 4) is 0 Å². The molecule has 1 heterocycles. The summed E-state index contributed by atoms with van der Waals surface area (Å²) in [5, 5.41) is 0.197. The Morgan fingerprint density at radius 3 is 2.24 bits per heavy atom. The number of benzene rings is 2. The first-order valence-electron chi connectivity index (χ1n) is 9.05. The van der Waals surface area contributed by atoms with Gasteiger partial charge in [0.1, 0.15) is 5.37 Å². The molecule has 3 heteroatoms. The average molecular weight is 349 g/mol. The molecular formula is C22H23NOS. The molecular weight excluding hydrogens is 326 g/mol. The summed E-state index contributed by atoms with van der Waals surface area (Å²) < 4.78 is 0. The van der Waals surface area contributed by atoms with Crippen molar-refractivity contribution in [2.75, 3.05) is 0 Å². The van der Waals surface area contributed by atoms with Crippen molar-refractivity contribution in [1.29, 1.82) is 0 Å². The third kappa shape index (κ3) is 3.52. The lowest BCUT2D eigenvalue weighted by molar-refractivity contribution is -0.126. The molecule has 0 unspecified atom stereocenters. The molecule has 1 atom stereocenters. The van der Waals surface area contributed by atoms with Crippen molar-refractivity contribution in [1.82, 2.24) is 4.90 Å². The fourth-order valence-corrected chi connectivity index (χ4v) is 5.14. The Kier molecular flexibility index (Phi) is 4.93. The van der Waals surface area contributed by atoms with Crippen LogP contribution in [-0.2, 0) is 17.1 Å². The van der Waals surface area contributed by atoms with Gasteiger partial charge in [0.15, 0.2) is 0 Å². The van der Waals surface area contributed by atoms with Gasteiger partial charge in [0.25, 0.3) is 5.91 Å². The second-order valence-electron chi connectivity index (χ2n) is 6.78. The smallest absolute Gasteiger partial charge is 0.251 e. The highest BCUT2D eigenvalue weighted by molar-refractivity contribution is 7.99. The second kappa shape index (κ2) is 7.49. The van der Waals surface area contributed by atoms with Gasteiger partial charge >= 0.3 is 0 Å². The van der Waals surface area contributed by atoms with Gasteiger partial charge in [-0.2, -0.15) is 0 Å². The molecule has 25 heavy (non-hydrogen) atoms. The summed E-state index contributed by atoms with van der Waals surface area (Å²) in [4.78, 5) is 15.1. The fourth-order valence-electron chi connectivity index (χ4n) is 3.79. The van der Waals surface area contributed by atoms with E-state index in [4.69, 9.17) is 0 Å². The molecule has 2 aromatic carbocycles. The monoisotopic (exact) mass is 349 g/mol. The highest BCUT2D eigenvalue weighted by Crippen LogP contribution is 2.42. The number of carbonyl (C=O) groups is 1. The van der Waals surface area contributed by atoms with Gasteiger partial charge in [-0.05, 0) is 42.4 Å². The maximum Gasteiger partial charge on any atom is 0.251 e. The minimum atomic E-state index is 0.197. The zero-order valence-electron chi connectivity index (χ0n) is 14.4. The van der Waals surface area contributed by atoms with Gasteiger partial charge in [-0.15, -0.1) is 11.8 Å². The molecule has 4 rings (SSSR count). The van der Waals surface area contributed by atoms with Gasteiger partial charge in [-0.3, -0.25) is 4.79 Å². The van der Waals surface area contributed by atoms with E-state index in [-0.39, 0.29) is 11.3 Å². The molecule has 0 saturated heterocycles. The predicted molar refractivity (Wildman–Crippen MR) is 104 cm³/mol. The number of nitrogens with zero attached hydrogens (tertiary/aromatic N) is 1. The Labute approximate surface area is 153 Å². The second-order valence-corrected chi connectivity index (χ2v) is 7.85. The topological polar surface area (TPSA) is 20.3 Å². The van der Waals surface area contributed by atoms with E-state index in [1.54, 1.807) is 0 Å². The highest BCUT2D eigenvalue weighted by atomic mass is 32.2. The zero-order chi connectivity index (χ0) is 17.1. The number of thioether (sulfide) groups is 1. The van der Waals surface area contributed by atoms with Crippen LogP contribution in [0.2, 0.25) is 0 Å². The van der Waals surface area contributed by atoms with Crippen LogP contribution in [0, 0.1) is 0 Å². The molecule has 0 radical (unpaired) electrons. The van der Waals surface area contributed by atoms with Gasteiger partial charge in [0.2, 0.25) is 0 Å². The van der Waals surface area contributed by atoms with Crippen LogP contribution in [0.4, 0.5) is 0 Å². The number of hydrogen-bond donors (Lipinski definition) is 0. The van der Waals surface area contributed by atoms with E-state index in [9.17, 15) is 4.79 Å². The molecule has 0 N–H and O–H groups in total. The summed E-state index contributed by atoms with van der Waals surface area (Å²) >= 11 is 1.90. The van der Waals surface area contributed by atoms with Gasteiger partial charge in [0.05, 0.1) is 0 Å². The van der Waals surface area contributed by atoms with E-state index in [2.05, 4.69) is 59.5 Å². The average Bonchev–Trinajstić information content (AvgIpc) is 2.94. The predicted octanol–water partition coefficient (Wildman–Crippen LogP) is 5.16. The Balaban J connectivity index is 1.56. The number of rotatable bonds is 5. The molecule has 128 valence electrons. The summed E-state index contributed by atoms with van der Waals surface area (Å²) in [5.41, 5.74) is 5.03. The first kappa shape index (κ1) is 16.5. The van der Waals surface area contributed by atoms with Gasteiger partial charge in [-0.1, -0.05) is 60.7 Å². The minimum Gasteiger partial charge on any atom is -0.319 e. The van der Waals surface area contributed by atoms with Crippen molar-refractivity contribution in [3.63, 3.8) is 0 Å². The van der Waals surface area contributed by atoms with Crippen LogP contribution in [0.3, 0.4) is 0 Å². The number of carbonyl (C=O) groups excluding carboxylic acids is 1. The molecule has 2 aromatic rings. The highest BCUT2D eigenvalue weighted by Gasteiger charge is 2.39. The Hall–Kier alpha value is -2.00. The molecule has 1 aliphatic carbocycles. The van der Waals surface area contributed by atoms with Crippen molar-refractivity contribution in [2.45, 2.75) is 43.4 Å². The van der Waals surface area contributed by atoms with Crippen LogP contribution in [0.15, 0.2) is 71.8 Å². The number of hydrogen-bond acceptors (Lipinski definition) is 2. The maximum atomic E-state index is 13.0. The summed E-state index contributed by atoms with van der Waals surface area (Å²) in [6.07, 6.45) is 4.41. The molecule has 0 saturated carbocycles. The Morgan fingerprint density at radius 2 is 1.52 bits per heavy atom. The first-order chi connectivity index (χ1) is 12.3. The van der Waals surface area contributed by atoms with E-state index >= 15 is 0 Å². The van der Waals surface area contributed by atoms with Crippen molar-refractivity contribution in [2.24, 2.45) is 0 Å². The third-order valence-corrected chi connectivity index (χ3v) is 6.41. The maximum absolute atomic E-state index is 13.0. The van der Waals surface area contributed by atoms with Crippen molar-refractivity contribution >= 4 is 17.7 Å². The molecule has 0 fully saturated rings. The van der Waals surface area contributed by atoms with E-state index in [0.29, 0.717) is 6.54 Å². The Bertz CT molecular complexity index is 769. The van der Waals surface area contributed by atoms with Crippen LogP contribution < -0.4 is 0 Å². The molecule has 2 nitrogen and oxygen atoms in total. The summed E-state index contributed by atoms with van der Waals surface area (Å²) in [6.45, 7) is 0.707. The molecule has 1 amide bonds. The first-order valence-corrected chi connectivity index (χ1v) is 10.1. The van der Waals surface area contributed by atoms with E-state index in [1.807, 2.05) is 17.8 Å². The van der Waals surface area contributed by atoms with E-state index in [0.717, 1.165) is 30.6 Å². The lowest BCUT2D eigenvalue weighted by Gasteiger charge is -2.27. The molecule has 2 aliphatic rings. The SMILES string of the molecule is O=C1C2=C(CCCC2)[C@@H](SCc2ccccc2)N1Cc1ccccc1. The summed E-state index contributed by atoms with van der Waals surface area (Å²) in [6, 6.07) is 20.9. The minimum absolute atomic E-state index is 0.197.